The minimum atomic E-state index is -0.273. The molecular formula is C23H28N2O3. The zero-order valence-electron chi connectivity index (χ0n) is 16.8. The number of amides is 2. The maximum Gasteiger partial charge on any atom is 0.262 e. The number of hydrogen-bond acceptors (Lipinski definition) is 3. The smallest absolute Gasteiger partial charge is 0.262 e. The Bertz CT molecular complexity index is 841. The molecule has 0 heterocycles. The van der Waals surface area contributed by atoms with Crippen molar-refractivity contribution in [3.63, 3.8) is 0 Å². The van der Waals surface area contributed by atoms with Crippen LogP contribution in [0.1, 0.15) is 40.4 Å². The second kappa shape index (κ2) is 10.3. The zero-order chi connectivity index (χ0) is 20.5. The van der Waals surface area contributed by atoms with Crippen molar-refractivity contribution in [3.8, 4) is 5.75 Å². The number of nitrogens with one attached hydrogen (secondary N) is 2. The van der Waals surface area contributed by atoms with Gasteiger partial charge in [-0.05, 0) is 61.2 Å². The molecule has 0 fully saturated rings. The van der Waals surface area contributed by atoms with Gasteiger partial charge >= 0.3 is 0 Å². The van der Waals surface area contributed by atoms with E-state index in [-0.39, 0.29) is 18.4 Å². The predicted molar refractivity (Wildman–Crippen MR) is 111 cm³/mol. The maximum atomic E-state index is 12.1. The largest absolute Gasteiger partial charge is 0.484 e. The highest BCUT2D eigenvalue weighted by Gasteiger charge is 2.07. The Morgan fingerprint density at radius 1 is 1.04 bits per heavy atom. The topological polar surface area (TPSA) is 67.4 Å². The van der Waals surface area contributed by atoms with Crippen molar-refractivity contribution in [1.82, 2.24) is 10.6 Å². The van der Waals surface area contributed by atoms with Crippen molar-refractivity contribution in [2.24, 2.45) is 0 Å². The second-order valence-electron chi connectivity index (χ2n) is 6.74. The Balaban J connectivity index is 1.68. The third kappa shape index (κ3) is 6.58. The summed E-state index contributed by atoms with van der Waals surface area (Å²) in [6, 6.07) is 13.2. The molecule has 2 aromatic rings. The van der Waals surface area contributed by atoms with Crippen LogP contribution in [0, 0.1) is 13.8 Å². The summed E-state index contributed by atoms with van der Waals surface area (Å²) >= 11 is 0. The van der Waals surface area contributed by atoms with Gasteiger partial charge in [-0.15, -0.1) is 0 Å². The monoisotopic (exact) mass is 380 g/mol. The summed E-state index contributed by atoms with van der Waals surface area (Å²) < 4.78 is 5.50. The lowest BCUT2D eigenvalue weighted by Gasteiger charge is -2.11. The molecule has 5 nitrogen and oxygen atoms in total. The number of hydrogen-bond donors (Lipinski definition) is 2. The summed E-state index contributed by atoms with van der Waals surface area (Å²) in [5.41, 5.74) is 4.63. The van der Waals surface area contributed by atoms with Gasteiger partial charge in [-0.3, -0.25) is 9.59 Å². The van der Waals surface area contributed by atoms with E-state index in [0.717, 1.165) is 12.0 Å². The molecule has 148 valence electrons. The molecule has 2 amide bonds. The van der Waals surface area contributed by atoms with Gasteiger partial charge in [-0.2, -0.15) is 0 Å². The maximum absolute atomic E-state index is 12.1. The fourth-order valence-electron chi connectivity index (χ4n) is 2.57. The molecule has 2 rings (SSSR count). The molecule has 0 saturated heterocycles. The molecule has 0 aliphatic heterocycles. The Labute approximate surface area is 166 Å². The first-order valence-corrected chi connectivity index (χ1v) is 9.44. The molecule has 2 N–H and O–H groups in total. The van der Waals surface area contributed by atoms with Gasteiger partial charge in [0, 0.05) is 24.2 Å². The van der Waals surface area contributed by atoms with Crippen molar-refractivity contribution in [1.29, 1.82) is 0 Å². The highest BCUT2D eigenvalue weighted by Crippen LogP contribution is 2.16. The van der Waals surface area contributed by atoms with Gasteiger partial charge in [0.1, 0.15) is 5.75 Å². The molecule has 0 radical (unpaired) electrons. The highest BCUT2D eigenvalue weighted by atomic mass is 16.5. The fraction of sp³-hybridized carbons (Fsp3) is 0.304. The van der Waals surface area contributed by atoms with Crippen LogP contribution in [0.3, 0.4) is 0 Å². The van der Waals surface area contributed by atoms with Crippen LogP contribution in [0.15, 0.2) is 54.7 Å². The fourth-order valence-corrected chi connectivity index (χ4v) is 2.57. The van der Waals surface area contributed by atoms with E-state index in [2.05, 4.69) is 24.1 Å². The van der Waals surface area contributed by atoms with Gasteiger partial charge in [-0.1, -0.05) is 31.7 Å². The number of ether oxygens (including phenoxy) is 1. The lowest BCUT2D eigenvalue weighted by Crippen LogP contribution is -2.31. The summed E-state index contributed by atoms with van der Waals surface area (Å²) in [6.07, 6.45) is 1.39. The van der Waals surface area contributed by atoms with E-state index >= 15 is 0 Å². The van der Waals surface area contributed by atoms with Crippen LogP contribution >= 0.6 is 0 Å². The summed E-state index contributed by atoms with van der Waals surface area (Å²) in [7, 11) is 0. The van der Waals surface area contributed by atoms with Crippen molar-refractivity contribution < 1.29 is 14.3 Å². The second-order valence-corrected chi connectivity index (χ2v) is 6.74. The quantitative estimate of drug-likeness (QED) is 0.697. The minimum Gasteiger partial charge on any atom is -0.484 e. The molecule has 2 aromatic carbocycles. The molecule has 0 unspecified atom stereocenters. The molecule has 0 bridgehead atoms. The van der Waals surface area contributed by atoms with Gasteiger partial charge in [0.25, 0.3) is 11.8 Å². The Morgan fingerprint density at radius 3 is 2.39 bits per heavy atom. The van der Waals surface area contributed by atoms with Crippen LogP contribution in [0.25, 0.3) is 0 Å². The van der Waals surface area contributed by atoms with Crippen LogP contribution in [0.2, 0.25) is 0 Å². The molecule has 0 spiro atoms. The number of carbonyl (C=O) groups is 2. The number of rotatable bonds is 9. The van der Waals surface area contributed by atoms with Gasteiger partial charge in [0.2, 0.25) is 0 Å². The summed E-state index contributed by atoms with van der Waals surface area (Å²) in [5, 5.41) is 5.52. The van der Waals surface area contributed by atoms with Crippen LogP contribution in [0.4, 0.5) is 0 Å². The molecular weight excluding hydrogens is 352 g/mol. The van der Waals surface area contributed by atoms with E-state index in [0.29, 0.717) is 30.0 Å². The molecule has 0 atom stereocenters. The van der Waals surface area contributed by atoms with Gasteiger partial charge in [0.15, 0.2) is 6.61 Å². The molecule has 5 heteroatoms. The molecule has 0 aromatic heterocycles. The average molecular weight is 380 g/mol. The summed E-state index contributed by atoms with van der Waals surface area (Å²) in [5.74, 6) is 0.245. The van der Waals surface area contributed by atoms with E-state index < -0.39 is 0 Å². The molecule has 28 heavy (non-hydrogen) atoms. The van der Waals surface area contributed by atoms with E-state index in [1.807, 2.05) is 56.3 Å². The Hall–Kier alpha value is -3.08. The van der Waals surface area contributed by atoms with E-state index in [4.69, 9.17) is 4.74 Å². The third-order valence-electron chi connectivity index (χ3n) is 4.50. The molecule has 0 saturated carbocycles. The summed E-state index contributed by atoms with van der Waals surface area (Å²) in [4.78, 5) is 24.1. The normalized spacial score (nSPS) is 10.2. The number of carbonyl (C=O) groups excluding carboxylic acids is 2. The van der Waals surface area contributed by atoms with Gasteiger partial charge < -0.3 is 15.4 Å². The molecule has 0 aliphatic rings. The Morgan fingerprint density at radius 2 is 1.75 bits per heavy atom. The predicted octanol–water partition coefficient (Wildman–Crippen LogP) is 3.69. The van der Waals surface area contributed by atoms with Crippen LogP contribution in [-0.2, 0) is 11.2 Å². The first kappa shape index (κ1) is 21.2. The van der Waals surface area contributed by atoms with Gasteiger partial charge in [0.05, 0.1) is 0 Å². The lowest BCUT2D eigenvalue weighted by atomic mass is 10.1. The van der Waals surface area contributed by atoms with E-state index in [1.165, 1.54) is 11.1 Å². The van der Waals surface area contributed by atoms with Crippen LogP contribution in [-0.4, -0.2) is 25.0 Å². The SMILES string of the molecule is C=C(CCNC(=O)c1ccc(CC)cc1)NC(=O)COc1ccc(C)c(C)c1. The third-order valence-corrected chi connectivity index (χ3v) is 4.50. The van der Waals surface area contributed by atoms with E-state index in [9.17, 15) is 9.59 Å². The van der Waals surface area contributed by atoms with Gasteiger partial charge in [-0.25, -0.2) is 0 Å². The highest BCUT2D eigenvalue weighted by molar-refractivity contribution is 5.94. The Kier molecular flexibility index (Phi) is 7.81. The average Bonchev–Trinajstić information content (AvgIpc) is 2.68. The molecule has 0 aliphatic carbocycles. The minimum absolute atomic E-state index is 0.0857. The zero-order valence-corrected chi connectivity index (χ0v) is 16.8. The number of benzene rings is 2. The van der Waals surface area contributed by atoms with E-state index in [1.54, 1.807) is 0 Å². The van der Waals surface area contributed by atoms with Crippen molar-refractivity contribution in [2.45, 2.75) is 33.6 Å². The summed E-state index contributed by atoms with van der Waals surface area (Å²) in [6.45, 7) is 10.2. The standard InChI is InChI=1S/C23H28N2O3/c1-5-19-7-9-20(10-8-19)23(27)24-13-12-18(4)25-22(26)15-28-21-11-6-16(2)17(3)14-21/h6-11,14H,4-5,12-13,15H2,1-3H3,(H,24,27)(H,25,26). The number of aryl methyl sites for hydroxylation is 3. The van der Waals surface area contributed by atoms with Crippen molar-refractivity contribution >= 4 is 11.8 Å². The lowest BCUT2D eigenvalue weighted by molar-refractivity contribution is -0.122. The first-order chi connectivity index (χ1) is 13.4. The van der Waals surface area contributed by atoms with Crippen molar-refractivity contribution in [2.75, 3.05) is 13.2 Å². The van der Waals surface area contributed by atoms with Crippen LogP contribution < -0.4 is 15.4 Å². The van der Waals surface area contributed by atoms with Crippen LogP contribution in [0.5, 0.6) is 5.75 Å². The first-order valence-electron chi connectivity index (χ1n) is 9.44. The van der Waals surface area contributed by atoms with Crippen molar-refractivity contribution in [3.05, 3.63) is 77.0 Å².